The maximum Gasteiger partial charge on any atom is 0.534 e. The van der Waals surface area contributed by atoms with Gasteiger partial charge in [-0.3, -0.25) is 0 Å². The summed E-state index contributed by atoms with van der Waals surface area (Å²) in [5, 5.41) is 0.168. The first kappa shape index (κ1) is 17.7. The van der Waals surface area contributed by atoms with Gasteiger partial charge in [0, 0.05) is 6.20 Å². The lowest BCUT2D eigenvalue weighted by molar-refractivity contribution is -0.0500. The van der Waals surface area contributed by atoms with Crippen molar-refractivity contribution in [2.75, 3.05) is 13.4 Å². The number of rotatable bonds is 4. The van der Waals surface area contributed by atoms with E-state index in [0.29, 0.717) is 11.3 Å². The third kappa shape index (κ3) is 3.35. The first-order valence-corrected chi connectivity index (χ1v) is 8.98. The number of ether oxygens (including phenoxy) is 1. The number of esters is 1. The molecule has 0 bridgehead atoms. The molecule has 0 N–H and O–H groups in total. The standard InChI is InChI=1S/C10H7F3N2O5S3/c1-19-8(16)7-6(20-23(17,18)10(11,12)13)5-4(22-7)3-14-9(15-5)21-2/h3H,1-2H3. The lowest BCUT2D eigenvalue weighted by Crippen LogP contribution is -2.28. The van der Waals surface area contributed by atoms with E-state index in [1.807, 2.05) is 0 Å². The van der Waals surface area contributed by atoms with Crippen LogP contribution in [0.2, 0.25) is 0 Å². The van der Waals surface area contributed by atoms with Gasteiger partial charge in [0.05, 0.1) is 11.8 Å². The van der Waals surface area contributed by atoms with Gasteiger partial charge in [0.15, 0.2) is 15.8 Å². The maximum atomic E-state index is 12.5. The van der Waals surface area contributed by atoms with Crippen LogP contribution >= 0.6 is 23.1 Å². The highest BCUT2D eigenvalue weighted by Gasteiger charge is 2.49. The van der Waals surface area contributed by atoms with Crippen molar-refractivity contribution in [2.24, 2.45) is 0 Å². The number of aromatic nitrogens is 2. The van der Waals surface area contributed by atoms with Crippen molar-refractivity contribution < 1.29 is 35.3 Å². The first-order chi connectivity index (χ1) is 10.6. The summed E-state index contributed by atoms with van der Waals surface area (Å²) < 4.78 is 68.8. The molecule has 2 aromatic heterocycles. The van der Waals surface area contributed by atoms with Crippen LogP contribution in [0.15, 0.2) is 11.4 Å². The fraction of sp³-hybridized carbons (Fsp3) is 0.300. The van der Waals surface area contributed by atoms with E-state index in [1.54, 1.807) is 6.26 Å². The molecule has 2 rings (SSSR count). The van der Waals surface area contributed by atoms with Crippen LogP contribution in [-0.2, 0) is 14.9 Å². The van der Waals surface area contributed by atoms with Gasteiger partial charge in [-0.05, 0) is 6.26 Å². The molecule has 7 nitrogen and oxygen atoms in total. The van der Waals surface area contributed by atoms with E-state index in [4.69, 9.17) is 0 Å². The Labute approximate surface area is 135 Å². The lowest BCUT2D eigenvalue weighted by atomic mass is 10.4. The number of halogens is 3. The molecule has 0 atom stereocenters. The Morgan fingerprint density at radius 1 is 1.39 bits per heavy atom. The second-order valence-electron chi connectivity index (χ2n) is 3.80. The normalized spacial score (nSPS) is 12.4. The molecule has 2 aromatic rings. The number of methoxy groups -OCH3 is 1. The minimum atomic E-state index is -5.96. The van der Waals surface area contributed by atoms with Gasteiger partial charge in [-0.15, -0.1) is 11.3 Å². The molecule has 0 radical (unpaired) electrons. The van der Waals surface area contributed by atoms with Crippen LogP contribution in [0.1, 0.15) is 9.67 Å². The largest absolute Gasteiger partial charge is 0.534 e. The molecule has 13 heteroatoms. The van der Waals surface area contributed by atoms with Gasteiger partial charge >= 0.3 is 21.6 Å². The zero-order valence-electron chi connectivity index (χ0n) is 11.4. The van der Waals surface area contributed by atoms with E-state index >= 15 is 0 Å². The molecule has 0 aliphatic carbocycles. The summed E-state index contributed by atoms with van der Waals surface area (Å²) in [4.78, 5) is 19.0. The number of thioether (sulfide) groups is 1. The van der Waals surface area contributed by atoms with E-state index < -0.39 is 32.2 Å². The van der Waals surface area contributed by atoms with Crippen LogP contribution in [0.25, 0.3) is 10.2 Å². The third-order valence-corrected chi connectivity index (χ3v) is 4.99. The van der Waals surface area contributed by atoms with Crippen molar-refractivity contribution in [1.82, 2.24) is 9.97 Å². The Morgan fingerprint density at radius 2 is 2.04 bits per heavy atom. The zero-order valence-corrected chi connectivity index (χ0v) is 13.8. The Kier molecular flexibility index (Phi) is 4.73. The van der Waals surface area contributed by atoms with Crippen molar-refractivity contribution in [3.63, 3.8) is 0 Å². The second kappa shape index (κ2) is 6.13. The van der Waals surface area contributed by atoms with Gasteiger partial charge in [0.2, 0.25) is 0 Å². The number of carbonyl (C=O) groups excluding carboxylic acids is 1. The second-order valence-corrected chi connectivity index (χ2v) is 7.17. The fourth-order valence-corrected chi connectivity index (χ4v) is 3.24. The van der Waals surface area contributed by atoms with Gasteiger partial charge in [-0.1, -0.05) is 11.8 Å². The minimum Gasteiger partial charge on any atom is -0.465 e. The van der Waals surface area contributed by atoms with Gasteiger partial charge in [-0.2, -0.15) is 21.6 Å². The third-order valence-electron chi connectivity index (χ3n) is 2.40. The minimum absolute atomic E-state index is 0.168. The molecule has 0 aromatic carbocycles. The molecule has 0 saturated carbocycles. The van der Waals surface area contributed by atoms with Crippen LogP contribution in [0.4, 0.5) is 13.2 Å². The topological polar surface area (TPSA) is 95.4 Å². The number of thiophene rings is 1. The van der Waals surface area contributed by atoms with Crippen molar-refractivity contribution in [3.05, 3.63) is 11.1 Å². The van der Waals surface area contributed by atoms with E-state index in [1.165, 1.54) is 6.20 Å². The quantitative estimate of drug-likeness (QED) is 0.259. The van der Waals surface area contributed by atoms with E-state index in [9.17, 15) is 26.4 Å². The number of carbonyl (C=O) groups is 1. The Bertz CT molecular complexity index is 862. The summed E-state index contributed by atoms with van der Waals surface area (Å²) in [6.45, 7) is 0. The number of alkyl halides is 3. The monoisotopic (exact) mass is 388 g/mol. The molecule has 0 spiro atoms. The van der Waals surface area contributed by atoms with E-state index in [-0.39, 0.29) is 15.4 Å². The van der Waals surface area contributed by atoms with E-state index in [2.05, 4.69) is 18.9 Å². The SMILES string of the molecule is COC(=O)c1sc2cnc(SC)nc2c1OS(=O)(=O)C(F)(F)F. The summed E-state index contributed by atoms with van der Waals surface area (Å²) in [5.41, 5.74) is -5.87. The maximum absolute atomic E-state index is 12.5. The van der Waals surface area contributed by atoms with Crippen LogP contribution in [0, 0.1) is 0 Å². The van der Waals surface area contributed by atoms with E-state index in [0.717, 1.165) is 18.9 Å². The average Bonchev–Trinajstić information content (AvgIpc) is 2.82. The Balaban J connectivity index is 2.70. The molecule has 23 heavy (non-hydrogen) atoms. The molecule has 0 saturated heterocycles. The van der Waals surface area contributed by atoms with Crippen molar-refractivity contribution in [3.8, 4) is 5.75 Å². The first-order valence-electron chi connectivity index (χ1n) is 5.53. The van der Waals surface area contributed by atoms with Gasteiger partial charge in [0.1, 0.15) is 5.52 Å². The van der Waals surface area contributed by atoms with Crippen LogP contribution < -0.4 is 4.18 Å². The van der Waals surface area contributed by atoms with Crippen molar-refractivity contribution in [1.29, 1.82) is 0 Å². The highest BCUT2D eigenvalue weighted by Crippen LogP contribution is 2.40. The van der Waals surface area contributed by atoms with Gasteiger partial charge < -0.3 is 8.92 Å². The molecule has 0 aliphatic heterocycles. The predicted molar refractivity (Wildman–Crippen MR) is 76.1 cm³/mol. The summed E-state index contributed by atoms with van der Waals surface area (Å²) in [5.74, 6) is -1.88. The summed E-state index contributed by atoms with van der Waals surface area (Å²) in [6, 6.07) is 0. The average molecular weight is 388 g/mol. The number of hydrogen-bond acceptors (Lipinski definition) is 9. The molecule has 0 fully saturated rings. The summed E-state index contributed by atoms with van der Waals surface area (Å²) in [6.07, 6.45) is 2.86. The predicted octanol–water partition coefficient (Wildman–Crippen LogP) is 2.43. The zero-order chi connectivity index (χ0) is 17.4. The molecular weight excluding hydrogens is 381 g/mol. The summed E-state index contributed by atoms with van der Waals surface area (Å²) >= 11 is 1.74. The van der Waals surface area contributed by atoms with Gasteiger partial charge in [-0.25, -0.2) is 14.8 Å². The van der Waals surface area contributed by atoms with Crippen LogP contribution in [0.5, 0.6) is 5.75 Å². The number of fused-ring (bicyclic) bond motifs is 1. The lowest BCUT2D eigenvalue weighted by Gasteiger charge is -2.09. The van der Waals surface area contributed by atoms with Crippen molar-refractivity contribution in [2.45, 2.75) is 10.7 Å². The molecule has 2 heterocycles. The molecule has 0 aliphatic rings. The van der Waals surface area contributed by atoms with Gasteiger partial charge in [0.25, 0.3) is 0 Å². The van der Waals surface area contributed by atoms with Crippen molar-refractivity contribution >= 4 is 49.4 Å². The Morgan fingerprint density at radius 3 is 2.57 bits per heavy atom. The van der Waals surface area contributed by atoms with Crippen LogP contribution in [0.3, 0.4) is 0 Å². The molecule has 0 amide bonds. The molecule has 126 valence electrons. The molecular formula is C10H7F3N2O5S3. The smallest absolute Gasteiger partial charge is 0.465 e. The molecule has 0 unspecified atom stereocenters. The highest BCUT2D eigenvalue weighted by molar-refractivity contribution is 7.98. The van der Waals surface area contributed by atoms with Crippen LogP contribution in [-0.4, -0.2) is 43.2 Å². The summed E-state index contributed by atoms with van der Waals surface area (Å²) in [7, 11) is -4.97. The fourth-order valence-electron chi connectivity index (χ4n) is 1.42. The Hall–Kier alpha value is -1.60. The number of hydrogen-bond donors (Lipinski definition) is 0. The highest BCUT2D eigenvalue weighted by atomic mass is 32.2. The number of nitrogens with zero attached hydrogens (tertiary/aromatic N) is 2.